The number of hydrogen-bond acceptors (Lipinski definition) is 4. The Labute approximate surface area is 118 Å². The summed E-state index contributed by atoms with van der Waals surface area (Å²) >= 11 is 0. The molecule has 8 nitrogen and oxygen atoms in total. The third-order valence-corrected chi connectivity index (χ3v) is 2.76. The number of rotatable bonds is 4. The maximum absolute atomic E-state index is 12.1. The van der Waals surface area contributed by atoms with E-state index in [0.717, 1.165) is 0 Å². The van der Waals surface area contributed by atoms with E-state index in [0.29, 0.717) is 5.69 Å². The Hall–Kier alpha value is -3.16. The fourth-order valence-electron chi connectivity index (χ4n) is 1.87. The Morgan fingerprint density at radius 3 is 2.62 bits per heavy atom. The van der Waals surface area contributed by atoms with Crippen molar-refractivity contribution in [1.29, 1.82) is 0 Å². The highest BCUT2D eigenvalue weighted by atomic mass is 16.6. The third-order valence-electron chi connectivity index (χ3n) is 2.76. The fourth-order valence-corrected chi connectivity index (χ4v) is 1.87. The molecule has 1 aromatic carbocycles. The van der Waals surface area contributed by atoms with Crippen molar-refractivity contribution in [2.75, 3.05) is 5.32 Å². The van der Waals surface area contributed by atoms with Gasteiger partial charge in [0.25, 0.3) is 11.6 Å². The molecular weight excluding hydrogens is 278 g/mol. The number of carbonyl (C=O) groups excluding carboxylic acids is 1. The van der Waals surface area contributed by atoms with Crippen LogP contribution in [0.4, 0.5) is 11.4 Å². The van der Waals surface area contributed by atoms with Gasteiger partial charge in [0.1, 0.15) is 11.3 Å². The van der Waals surface area contributed by atoms with Crippen LogP contribution in [0.25, 0.3) is 0 Å². The summed E-state index contributed by atoms with van der Waals surface area (Å²) < 4.78 is 0. The number of nitro benzene ring substituents is 1. The van der Waals surface area contributed by atoms with Gasteiger partial charge in [-0.05, 0) is 19.1 Å². The molecule has 0 saturated carbocycles. The van der Waals surface area contributed by atoms with Crippen molar-refractivity contribution in [3.05, 3.63) is 57.4 Å². The minimum atomic E-state index is -1.24. The number of hydrogen-bond donors (Lipinski definition) is 3. The molecule has 3 N–H and O–H groups in total. The third kappa shape index (κ3) is 2.89. The molecule has 21 heavy (non-hydrogen) atoms. The normalized spacial score (nSPS) is 10.1. The Bertz CT molecular complexity index is 735. The van der Waals surface area contributed by atoms with E-state index in [-0.39, 0.29) is 22.6 Å². The van der Waals surface area contributed by atoms with E-state index in [9.17, 15) is 19.7 Å². The molecule has 8 heteroatoms. The van der Waals surface area contributed by atoms with Crippen molar-refractivity contribution in [1.82, 2.24) is 4.98 Å². The van der Waals surface area contributed by atoms with Crippen molar-refractivity contribution in [3.8, 4) is 0 Å². The smallest absolute Gasteiger partial charge is 0.354 e. The molecule has 0 aliphatic rings. The predicted molar refractivity (Wildman–Crippen MR) is 73.5 cm³/mol. The first-order chi connectivity index (χ1) is 9.90. The van der Waals surface area contributed by atoms with Crippen LogP contribution in [-0.2, 0) is 0 Å². The van der Waals surface area contributed by atoms with Crippen molar-refractivity contribution < 1.29 is 19.6 Å². The van der Waals surface area contributed by atoms with E-state index in [2.05, 4.69) is 10.3 Å². The van der Waals surface area contributed by atoms with Gasteiger partial charge in [-0.1, -0.05) is 12.1 Å². The SMILES string of the molecule is Cc1cc(NC(=O)c2ccccc2[N+](=O)[O-])c(C(=O)O)[nH]1. The van der Waals surface area contributed by atoms with Crippen LogP contribution in [0.3, 0.4) is 0 Å². The van der Waals surface area contributed by atoms with E-state index < -0.39 is 16.8 Å². The molecule has 108 valence electrons. The van der Waals surface area contributed by atoms with Crippen LogP contribution in [0.1, 0.15) is 26.5 Å². The summed E-state index contributed by atoms with van der Waals surface area (Å²) in [7, 11) is 0. The number of nitrogens with one attached hydrogen (secondary N) is 2. The maximum atomic E-state index is 12.1. The number of para-hydroxylation sites is 1. The number of amides is 1. The highest BCUT2D eigenvalue weighted by Gasteiger charge is 2.22. The Balaban J connectivity index is 2.35. The summed E-state index contributed by atoms with van der Waals surface area (Å²) in [6.45, 7) is 1.63. The second-order valence-electron chi connectivity index (χ2n) is 4.27. The maximum Gasteiger partial charge on any atom is 0.354 e. The number of aromatic carboxylic acids is 1. The van der Waals surface area contributed by atoms with Gasteiger partial charge in [0, 0.05) is 11.8 Å². The lowest BCUT2D eigenvalue weighted by Gasteiger charge is -2.05. The van der Waals surface area contributed by atoms with Crippen molar-refractivity contribution in [3.63, 3.8) is 0 Å². The Morgan fingerprint density at radius 2 is 2.00 bits per heavy atom. The number of aromatic nitrogens is 1. The second kappa shape index (κ2) is 5.45. The summed E-state index contributed by atoms with van der Waals surface area (Å²) in [5, 5.41) is 22.3. The minimum Gasteiger partial charge on any atom is -0.477 e. The molecule has 0 saturated heterocycles. The molecule has 0 spiro atoms. The molecule has 0 bridgehead atoms. The zero-order valence-corrected chi connectivity index (χ0v) is 10.9. The number of aromatic amines is 1. The van der Waals surface area contributed by atoms with Gasteiger partial charge in [0.2, 0.25) is 0 Å². The van der Waals surface area contributed by atoms with Gasteiger partial charge < -0.3 is 15.4 Å². The summed E-state index contributed by atoms with van der Waals surface area (Å²) in [6, 6.07) is 6.87. The molecular formula is C13H11N3O5. The van der Waals surface area contributed by atoms with Gasteiger partial charge in [-0.2, -0.15) is 0 Å². The van der Waals surface area contributed by atoms with Gasteiger partial charge in [-0.25, -0.2) is 4.79 Å². The summed E-state index contributed by atoms with van der Waals surface area (Å²) in [4.78, 5) is 35.9. The Morgan fingerprint density at radius 1 is 1.33 bits per heavy atom. The van der Waals surface area contributed by atoms with Gasteiger partial charge in [-0.3, -0.25) is 14.9 Å². The standard InChI is InChI=1S/C13H11N3O5/c1-7-6-9(11(14-7)13(18)19)15-12(17)8-4-2-3-5-10(8)16(20)21/h2-6,14H,1H3,(H,15,17)(H,18,19). The van der Waals surface area contributed by atoms with Crippen molar-refractivity contribution >= 4 is 23.3 Å². The molecule has 2 rings (SSSR count). The van der Waals surface area contributed by atoms with E-state index in [1.807, 2.05) is 0 Å². The molecule has 0 aliphatic heterocycles. The van der Waals surface area contributed by atoms with Crippen molar-refractivity contribution in [2.24, 2.45) is 0 Å². The lowest BCUT2D eigenvalue weighted by Crippen LogP contribution is -2.15. The number of aryl methyl sites for hydroxylation is 1. The number of carboxylic acid groups (broad SMARTS) is 1. The van der Waals surface area contributed by atoms with E-state index >= 15 is 0 Å². The first-order valence-corrected chi connectivity index (χ1v) is 5.88. The highest BCUT2D eigenvalue weighted by Crippen LogP contribution is 2.22. The van der Waals surface area contributed by atoms with E-state index in [1.54, 1.807) is 6.92 Å². The van der Waals surface area contributed by atoms with Gasteiger partial charge in [0.15, 0.2) is 0 Å². The van der Waals surface area contributed by atoms with Gasteiger partial charge in [0.05, 0.1) is 10.6 Å². The average Bonchev–Trinajstić information content (AvgIpc) is 2.79. The lowest BCUT2D eigenvalue weighted by atomic mass is 10.1. The minimum absolute atomic E-state index is 0.0585. The van der Waals surface area contributed by atoms with E-state index in [1.165, 1.54) is 30.3 Å². The van der Waals surface area contributed by atoms with Crippen LogP contribution in [0.2, 0.25) is 0 Å². The molecule has 0 fully saturated rings. The zero-order chi connectivity index (χ0) is 15.6. The average molecular weight is 289 g/mol. The summed E-state index contributed by atoms with van der Waals surface area (Å²) in [6.07, 6.45) is 0. The number of anilines is 1. The molecule has 0 radical (unpaired) electrons. The van der Waals surface area contributed by atoms with Crippen LogP contribution in [0.15, 0.2) is 30.3 Å². The molecule has 1 aromatic heterocycles. The molecule has 0 atom stereocenters. The molecule has 1 amide bonds. The van der Waals surface area contributed by atoms with Crippen molar-refractivity contribution in [2.45, 2.75) is 6.92 Å². The van der Waals surface area contributed by atoms with E-state index in [4.69, 9.17) is 5.11 Å². The van der Waals surface area contributed by atoms with Crippen LogP contribution in [-0.4, -0.2) is 26.9 Å². The predicted octanol–water partition coefficient (Wildman–Crippen LogP) is 2.18. The summed E-state index contributed by atoms with van der Waals surface area (Å²) in [5.74, 6) is -1.98. The largest absolute Gasteiger partial charge is 0.477 e. The van der Waals surface area contributed by atoms with Gasteiger partial charge in [-0.15, -0.1) is 0 Å². The molecule has 1 heterocycles. The number of benzene rings is 1. The number of nitrogens with zero attached hydrogens (tertiary/aromatic N) is 1. The highest BCUT2D eigenvalue weighted by molar-refractivity contribution is 6.09. The van der Waals surface area contributed by atoms with Crippen LogP contribution in [0.5, 0.6) is 0 Å². The molecule has 0 unspecified atom stereocenters. The number of carboxylic acids is 1. The first kappa shape index (κ1) is 14.3. The van der Waals surface area contributed by atoms with Crippen LogP contribution >= 0.6 is 0 Å². The van der Waals surface area contributed by atoms with Crippen LogP contribution < -0.4 is 5.32 Å². The Kier molecular flexibility index (Phi) is 3.70. The fraction of sp³-hybridized carbons (Fsp3) is 0.0769. The second-order valence-corrected chi connectivity index (χ2v) is 4.27. The number of carbonyl (C=O) groups is 2. The van der Waals surface area contributed by atoms with Gasteiger partial charge >= 0.3 is 5.97 Å². The lowest BCUT2D eigenvalue weighted by molar-refractivity contribution is -0.385. The first-order valence-electron chi connectivity index (χ1n) is 5.88. The topological polar surface area (TPSA) is 125 Å². The zero-order valence-electron chi connectivity index (χ0n) is 10.9. The van der Waals surface area contributed by atoms with Crippen LogP contribution in [0, 0.1) is 17.0 Å². The molecule has 2 aromatic rings. The quantitative estimate of drug-likeness (QED) is 0.587. The monoisotopic (exact) mass is 289 g/mol. The number of nitro groups is 1. The molecule has 0 aliphatic carbocycles. The summed E-state index contributed by atoms with van der Waals surface area (Å²) in [5.41, 5.74) is -0.0651. The number of H-pyrrole nitrogens is 1.